The molecule has 0 aromatic heterocycles. The number of hydrogen-bond donors (Lipinski definition) is 1. The number of hydrogen-bond acceptors (Lipinski definition) is 3. The van der Waals surface area contributed by atoms with Gasteiger partial charge in [-0.1, -0.05) is 48.0 Å². The number of aliphatic imine (C=N–C) groups is 1. The van der Waals surface area contributed by atoms with Crippen LogP contribution in [0, 0.1) is 0 Å². The Hall–Kier alpha value is -2.51. The van der Waals surface area contributed by atoms with E-state index in [1.807, 2.05) is 43.3 Å². The molecule has 28 heavy (non-hydrogen) atoms. The number of amidine groups is 1. The molecular weight excluding hydrogens is 409 g/mol. The van der Waals surface area contributed by atoms with Crippen LogP contribution in [0.5, 0.6) is 0 Å². The predicted molar refractivity (Wildman–Crippen MR) is 107 cm³/mol. The summed E-state index contributed by atoms with van der Waals surface area (Å²) in [6.07, 6.45) is -0.951. The molecule has 0 saturated carbocycles. The summed E-state index contributed by atoms with van der Waals surface area (Å²) in [5.41, 5.74) is 0.936. The van der Waals surface area contributed by atoms with Gasteiger partial charge in [0.05, 0.1) is 21.2 Å². The third kappa shape index (κ3) is 5.05. The first-order chi connectivity index (χ1) is 13.2. The largest absolute Gasteiger partial charge is 0.417 e. The molecule has 144 valence electrons. The van der Waals surface area contributed by atoms with Crippen molar-refractivity contribution in [3.63, 3.8) is 0 Å². The Morgan fingerprint density at radius 2 is 1.89 bits per heavy atom. The maximum absolute atomic E-state index is 13.0. The Morgan fingerprint density at radius 3 is 2.57 bits per heavy atom. The van der Waals surface area contributed by atoms with E-state index in [-0.39, 0.29) is 16.8 Å². The minimum Gasteiger partial charge on any atom is -0.300 e. The van der Waals surface area contributed by atoms with Gasteiger partial charge in [-0.15, -0.1) is 0 Å². The fourth-order valence-corrected chi connectivity index (χ4v) is 3.57. The Labute approximate surface area is 169 Å². The number of nitrogens with one attached hydrogen (secondary N) is 1. The fraction of sp³-hybridized carbons (Fsp3) is 0.100. The van der Waals surface area contributed by atoms with Gasteiger partial charge in [-0.05, 0) is 54.1 Å². The van der Waals surface area contributed by atoms with Crippen molar-refractivity contribution in [1.29, 1.82) is 0 Å². The second-order valence-electron chi connectivity index (χ2n) is 5.94. The summed E-state index contributed by atoms with van der Waals surface area (Å²) in [4.78, 5) is 16.6. The molecule has 3 rings (SSSR count). The maximum Gasteiger partial charge on any atom is 0.417 e. The van der Waals surface area contributed by atoms with E-state index in [4.69, 9.17) is 11.6 Å². The first kappa shape index (κ1) is 20.2. The van der Waals surface area contributed by atoms with Crippen LogP contribution in [0.15, 0.2) is 70.1 Å². The maximum atomic E-state index is 13.0. The van der Waals surface area contributed by atoms with Crippen LogP contribution in [-0.2, 0) is 11.0 Å². The van der Waals surface area contributed by atoms with Crippen LogP contribution in [0.4, 0.5) is 18.9 Å². The van der Waals surface area contributed by atoms with Crippen LogP contribution in [0.25, 0.3) is 6.08 Å². The van der Waals surface area contributed by atoms with E-state index in [0.29, 0.717) is 4.91 Å². The van der Waals surface area contributed by atoms with Crippen molar-refractivity contribution >= 4 is 46.2 Å². The van der Waals surface area contributed by atoms with E-state index in [1.54, 1.807) is 6.08 Å². The summed E-state index contributed by atoms with van der Waals surface area (Å²) in [6, 6.07) is 13.0. The van der Waals surface area contributed by atoms with Gasteiger partial charge in [-0.3, -0.25) is 4.79 Å². The number of thioether (sulfide) groups is 1. The summed E-state index contributed by atoms with van der Waals surface area (Å²) in [5.74, 6) is -0.352. The molecule has 1 amide bonds. The van der Waals surface area contributed by atoms with E-state index >= 15 is 0 Å². The molecule has 1 fully saturated rings. The lowest BCUT2D eigenvalue weighted by atomic mass is 10.1. The second kappa shape index (κ2) is 8.24. The molecule has 0 atom stereocenters. The smallest absolute Gasteiger partial charge is 0.300 e. The van der Waals surface area contributed by atoms with Crippen molar-refractivity contribution in [2.24, 2.45) is 4.99 Å². The summed E-state index contributed by atoms with van der Waals surface area (Å²) in [5, 5.41) is 2.37. The van der Waals surface area contributed by atoms with E-state index in [9.17, 15) is 18.0 Å². The van der Waals surface area contributed by atoms with Gasteiger partial charge < -0.3 is 5.32 Å². The number of allylic oxidation sites excluding steroid dienone is 2. The number of carbonyl (C=O) groups is 1. The topological polar surface area (TPSA) is 41.5 Å². The van der Waals surface area contributed by atoms with Crippen molar-refractivity contribution in [1.82, 2.24) is 5.32 Å². The lowest BCUT2D eigenvalue weighted by Gasteiger charge is -2.09. The van der Waals surface area contributed by atoms with Gasteiger partial charge in [0.1, 0.15) is 0 Å². The third-order valence-corrected chi connectivity index (χ3v) is 4.93. The first-order valence-electron chi connectivity index (χ1n) is 8.12. The van der Waals surface area contributed by atoms with Crippen LogP contribution in [0.3, 0.4) is 0 Å². The van der Waals surface area contributed by atoms with Crippen molar-refractivity contribution < 1.29 is 18.0 Å². The molecule has 8 heteroatoms. The van der Waals surface area contributed by atoms with Crippen molar-refractivity contribution in [3.05, 3.63) is 81.2 Å². The summed E-state index contributed by atoms with van der Waals surface area (Å²) >= 11 is 6.67. The Morgan fingerprint density at radius 1 is 1.18 bits per heavy atom. The molecule has 2 aromatic rings. The zero-order valence-corrected chi connectivity index (χ0v) is 16.1. The average Bonchev–Trinajstić information content (AvgIpc) is 2.95. The zero-order chi connectivity index (χ0) is 20.3. The van der Waals surface area contributed by atoms with Crippen LogP contribution in [0.1, 0.15) is 18.1 Å². The van der Waals surface area contributed by atoms with Crippen LogP contribution in [0.2, 0.25) is 5.02 Å². The predicted octanol–water partition coefficient (Wildman–Crippen LogP) is 6.20. The van der Waals surface area contributed by atoms with Gasteiger partial charge in [-0.25, -0.2) is 4.99 Å². The number of alkyl halides is 3. The van der Waals surface area contributed by atoms with Gasteiger partial charge in [-0.2, -0.15) is 13.2 Å². The molecule has 2 aromatic carbocycles. The highest BCUT2D eigenvalue weighted by Gasteiger charge is 2.33. The summed E-state index contributed by atoms with van der Waals surface area (Å²) in [7, 11) is 0. The monoisotopic (exact) mass is 422 g/mol. The number of carbonyl (C=O) groups excluding carboxylic acids is 1. The van der Waals surface area contributed by atoms with E-state index in [0.717, 1.165) is 35.0 Å². The molecule has 0 aliphatic carbocycles. The number of rotatable bonds is 3. The molecule has 0 radical (unpaired) electrons. The van der Waals surface area contributed by atoms with Crippen LogP contribution in [-0.4, -0.2) is 11.1 Å². The molecule has 0 spiro atoms. The van der Waals surface area contributed by atoms with E-state index < -0.39 is 16.8 Å². The number of amides is 1. The van der Waals surface area contributed by atoms with Gasteiger partial charge >= 0.3 is 6.18 Å². The quantitative estimate of drug-likeness (QED) is 0.598. The lowest BCUT2D eigenvalue weighted by molar-refractivity contribution is -0.137. The molecule has 3 nitrogen and oxygen atoms in total. The first-order valence-corrected chi connectivity index (χ1v) is 9.31. The highest BCUT2D eigenvalue weighted by atomic mass is 35.5. The van der Waals surface area contributed by atoms with E-state index in [2.05, 4.69) is 10.3 Å². The number of nitrogens with zero attached hydrogens (tertiary/aromatic N) is 1. The minimum absolute atomic E-state index is 0.0531. The second-order valence-corrected chi connectivity index (χ2v) is 7.38. The molecular formula is C20H14ClF3N2OS. The fourth-order valence-electron chi connectivity index (χ4n) is 2.46. The third-order valence-electron chi connectivity index (χ3n) is 3.69. The van der Waals surface area contributed by atoms with Crippen molar-refractivity contribution in [2.75, 3.05) is 0 Å². The number of halogens is 4. The van der Waals surface area contributed by atoms with Crippen molar-refractivity contribution in [2.45, 2.75) is 13.1 Å². The minimum atomic E-state index is -4.58. The zero-order valence-electron chi connectivity index (χ0n) is 14.5. The normalized spacial score (nSPS) is 18.0. The highest BCUT2D eigenvalue weighted by molar-refractivity contribution is 8.18. The van der Waals surface area contributed by atoms with Gasteiger partial charge in [0.15, 0.2) is 5.17 Å². The van der Waals surface area contributed by atoms with Gasteiger partial charge in [0, 0.05) is 0 Å². The molecule has 0 unspecified atom stereocenters. The van der Waals surface area contributed by atoms with Gasteiger partial charge in [0.2, 0.25) is 0 Å². The SMILES string of the molecule is CC(=C\c1ccccc1)/C=C1/SC(=Nc2ccc(Cl)c(C(F)(F)F)c2)NC1=O. The molecule has 1 aliphatic heterocycles. The van der Waals surface area contributed by atoms with Gasteiger partial charge in [0.25, 0.3) is 5.91 Å². The van der Waals surface area contributed by atoms with Crippen LogP contribution < -0.4 is 5.32 Å². The average molecular weight is 423 g/mol. The molecule has 1 heterocycles. The lowest BCUT2D eigenvalue weighted by Crippen LogP contribution is -2.19. The highest BCUT2D eigenvalue weighted by Crippen LogP contribution is 2.37. The molecule has 1 aliphatic rings. The molecule has 1 saturated heterocycles. The Balaban J connectivity index is 1.82. The van der Waals surface area contributed by atoms with Crippen molar-refractivity contribution in [3.8, 4) is 0 Å². The van der Waals surface area contributed by atoms with Crippen LogP contribution >= 0.6 is 23.4 Å². The Kier molecular flexibility index (Phi) is 5.96. The number of benzene rings is 2. The standard InChI is InChI=1S/C20H14ClF3N2OS/c1-12(9-13-5-3-2-4-6-13)10-17-18(27)26-19(28-17)25-14-7-8-16(21)15(11-14)20(22,23)24/h2-11H,1H3,(H,25,26,27)/b12-9+,17-10+. The molecule has 0 bridgehead atoms. The summed E-state index contributed by atoms with van der Waals surface area (Å²) < 4.78 is 38.9. The van der Waals surface area contributed by atoms with E-state index in [1.165, 1.54) is 6.07 Å². The summed E-state index contributed by atoms with van der Waals surface area (Å²) in [6.45, 7) is 1.86. The molecule has 1 N–H and O–H groups in total. The Bertz CT molecular complexity index is 998.